The average Bonchev–Trinajstić information content (AvgIpc) is 3.99. The summed E-state index contributed by atoms with van der Waals surface area (Å²) in [5.74, 6) is 0.305. The molecule has 4 unspecified atom stereocenters. The van der Waals surface area contributed by atoms with Crippen LogP contribution in [0.2, 0.25) is 0 Å². The summed E-state index contributed by atoms with van der Waals surface area (Å²) in [7, 11) is 0. The zero-order chi connectivity index (χ0) is 39.4. The van der Waals surface area contributed by atoms with E-state index in [-0.39, 0.29) is 36.7 Å². The maximum absolute atomic E-state index is 13.5. The number of hydrogen-bond donors (Lipinski definition) is 8. The van der Waals surface area contributed by atoms with Crippen molar-refractivity contribution in [3.8, 4) is 33.6 Å². The first-order valence-corrected chi connectivity index (χ1v) is 19.1. The highest BCUT2D eigenvalue weighted by Gasteiger charge is 2.46. The molecule has 0 bridgehead atoms. The lowest BCUT2D eigenvalue weighted by Crippen LogP contribution is -2.49. The van der Waals surface area contributed by atoms with Gasteiger partial charge in [0.05, 0.1) is 48.1 Å². The van der Waals surface area contributed by atoms with Crippen molar-refractivity contribution < 1.29 is 39.6 Å². The second-order valence-electron chi connectivity index (χ2n) is 15.7. The molecule has 56 heavy (non-hydrogen) atoms. The number of amides is 4. The average molecular weight is 767 g/mol. The van der Waals surface area contributed by atoms with Crippen LogP contribution in [0.15, 0.2) is 48.8 Å². The number of carboxylic acid groups (broad SMARTS) is 2. The van der Waals surface area contributed by atoms with E-state index in [1.54, 1.807) is 17.3 Å². The highest BCUT2D eigenvalue weighted by molar-refractivity contribution is 5.87. The van der Waals surface area contributed by atoms with E-state index < -0.39 is 48.6 Å². The number of benzene rings is 2. The second-order valence-corrected chi connectivity index (χ2v) is 15.7. The highest BCUT2D eigenvalue weighted by atomic mass is 16.4. The van der Waals surface area contributed by atoms with E-state index in [0.29, 0.717) is 24.5 Å². The molecule has 2 aromatic carbocycles. The number of aromatic nitrogens is 4. The van der Waals surface area contributed by atoms with Gasteiger partial charge in [0.2, 0.25) is 11.8 Å². The minimum Gasteiger partial charge on any atom is -0.465 e. The van der Waals surface area contributed by atoms with Crippen LogP contribution >= 0.6 is 0 Å². The SMILES string of the molecule is Cc1c(-c2ccc(-c3cnc(C4CC(O)CN4C(=O)[C@@H](NC(=O)O)C4CC4)[nH]3)cc2)ccc(-c2cnc(C3CC(O)CN3C(=O)[C@@H](NC(=O)O)C3CC3)[nH]2)c1C. The number of carbonyl (C=O) groups excluding carboxylic acids is 2. The second kappa shape index (κ2) is 14.7. The fraction of sp³-hybridized carbons (Fsp3) is 0.450. The van der Waals surface area contributed by atoms with Crippen LogP contribution in [0.1, 0.15) is 73.4 Å². The van der Waals surface area contributed by atoms with Crippen LogP contribution in [-0.2, 0) is 9.59 Å². The van der Waals surface area contributed by atoms with Gasteiger partial charge in [-0.25, -0.2) is 19.6 Å². The summed E-state index contributed by atoms with van der Waals surface area (Å²) in [6, 6.07) is 9.42. The molecule has 8 rings (SSSR count). The van der Waals surface area contributed by atoms with Gasteiger partial charge in [-0.15, -0.1) is 0 Å². The number of aliphatic hydroxyl groups is 2. The molecule has 294 valence electrons. The summed E-state index contributed by atoms with van der Waals surface area (Å²) in [6.07, 6.45) is 3.16. The lowest BCUT2D eigenvalue weighted by molar-refractivity contribution is -0.136. The number of rotatable bonds is 11. The molecule has 6 atom stereocenters. The highest BCUT2D eigenvalue weighted by Crippen LogP contribution is 2.40. The standard InChI is InChI=1S/C40H46N8O8/c1-19-20(2)28(30-16-42-36(44-30)32-14-26(50)18-48(32)38(52)34(24-9-10-24)46-40(55)56)12-11-27(19)21-3-5-22(6-4-21)29-15-41-35(43-29)31-13-25(49)17-47(31)37(51)33(23-7-8-23)45-39(53)54/h3-6,11-12,15-16,23-26,31-34,45-46,49-50H,7-10,13-14,17-18H2,1-2H3,(H,41,43)(H,42,44)(H,53,54)(H,55,56)/t25?,26?,31?,32?,33-,34-/m0/s1. The van der Waals surface area contributed by atoms with E-state index >= 15 is 0 Å². The number of H-pyrrole nitrogens is 2. The summed E-state index contributed by atoms with van der Waals surface area (Å²) >= 11 is 0. The minimum absolute atomic E-state index is 0.0383. The van der Waals surface area contributed by atoms with Crippen LogP contribution in [0.4, 0.5) is 9.59 Å². The first-order chi connectivity index (χ1) is 26.9. The van der Waals surface area contributed by atoms with Crippen LogP contribution in [0.5, 0.6) is 0 Å². The zero-order valence-corrected chi connectivity index (χ0v) is 31.1. The normalized spacial score (nSPS) is 23.2. The maximum Gasteiger partial charge on any atom is 0.405 e. The molecule has 4 heterocycles. The van der Waals surface area contributed by atoms with Crippen LogP contribution in [0, 0.1) is 25.7 Å². The topological polar surface area (TPSA) is 237 Å². The molecule has 0 spiro atoms. The third-order valence-corrected chi connectivity index (χ3v) is 11.8. The van der Waals surface area contributed by atoms with Crippen molar-refractivity contribution in [3.63, 3.8) is 0 Å². The zero-order valence-electron chi connectivity index (χ0n) is 31.1. The van der Waals surface area contributed by atoms with Gasteiger partial charge in [-0.1, -0.05) is 36.4 Å². The maximum atomic E-state index is 13.5. The first-order valence-electron chi connectivity index (χ1n) is 19.1. The number of nitrogens with one attached hydrogen (secondary N) is 4. The van der Waals surface area contributed by atoms with Gasteiger partial charge in [0.25, 0.3) is 0 Å². The van der Waals surface area contributed by atoms with Gasteiger partial charge >= 0.3 is 12.2 Å². The van der Waals surface area contributed by atoms with Crippen molar-refractivity contribution in [1.82, 2.24) is 40.4 Å². The van der Waals surface area contributed by atoms with Crippen molar-refractivity contribution in [1.29, 1.82) is 0 Å². The van der Waals surface area contributed by atoms with Gasteiger partial charge in [-0.3, -0.25) is 9.59 Å². The minimum atomic E-state index is -1.25. The van der Waals surface area contributed by atoms with Crippen molar-refractivity contribution in [3.05, 3.63) is 71.6 Å². The first kappa shape index (κ1) is 37.2. The van der Waals surface area contributed by atoms with Gasteiger partial charge < -0.3 is 50.8 Å². The van der Waals surface area contributed by atoms with Crippen LogP contribution in [-0.4, -0.2) is 112 Å². The number of nitrogens with zero attached hydrogens (tertiary/aromatic N) is 4. The number of carbonyl (C=O) groups is 4. The van der Waals surface area contributed by atoms with E-state index in [1.807, 2.05) is 37.3 Å². The Hall–Kier alpha value is -5.74. The number of hydrogen-bond acceptors (Lipinski definition) is 8. The molecule has 4 aromatic rings. The van der Waals surface area contributed by atoms with E-state index in [9.17, 15) is 39.6 Å². The predicted molar refractivity (Wildman–Crippen MR) is 202 cm³/mol. The van der Waals surface area contributed by atoms with Gasteiger partial charge in [-0.2, -0.15) is 0 Å². The largest absolute Gasteiger partial charge is 0.465 e. The molecule has 2 aromatic heterocycles. The Bertz CT molecular complexity index is 2160. The Morgan fingerprint density at radius 3 is 1.57 bits per heavy atom. The van der Waals surface area contributed by atoms with Gasteiger partial charge in [-0.05, 0) is 79.2 Å². The Morgan fingerprint density at radius 2 is 1.09 bits per heavy atom. The summed E-state index contributed by atoms with van der Waals surface area (Å²) < 4.78 is 0. The number of aromatic amines is 2. The summed E-state index contributed by atoms with van der Waals surface area (Å²) in [5, 5.41) is 44.5. The fourth-order valence-electron chi connectivity index (χ4n) is 8.43. The number of β-amino-alcohol motifs (C(OH)–C–C–N with tert-alkyl or cyclic N) is 2. The molecule has 8 N–H and O–H groups in total. The smallest absolute Gasteiger partial charge is 0.405 e. The van der Waals surface area contributed by atoms with E-state index in [4.69, 9.17) is 0 Å². The molecule has 4 amide bonds. The van der Waals surface area contributed by atoms with Crippen LogP contribution in [0.3, 0.4) is 0 Å². The van der Waals surface area contributed by atoms with Crippen molar-refractivity contribution >= 4 is 24.0 Å². The van der Waals surface area contributed by atoms with Crippen molar-refractivity contribution in [2.24, 2.45) is 11.8 Å². The monoisotopic (exact) mass is 766 g/mol. The van der Waals surface area contributed by atoms with Crippen LogP contribution in [0.25, 0.3) is 33.6 Å². The van der Waals surface area contributed by atoms with Gasteiger partial charge in [0, 0.05) is 31.5 Å². The number of likely N-dealkylation sites (tertiary alicyclic amines) is 2. The molecule has 4 aliphatic rings. The molecule has 2 aliphatic heterocycles. The molecule has 2 saturated carbocycles. The molecule has 4 fully saturated rings. The Morgan fingerprint density at radius 1 is 0.661 bits per heavy atom. The molecule has 2 aliphatic carbocycles. The third-order valence-electron chi connectivity index (χ3n) is 11.8. The van der Waals surface area contributed by atoms with Crippen molar-refractivity contribution in [2.45, 2.75) is 88.7 Å². The third kappa shape index (κ3) is 7.33. The fourth-order valence-corrected chi connectivity index (χ4v) is 8.43. The van der Waals surface area contributed by atoms with E-state index in [1.165, 1.54) is 4.90 Å². The van der Waals surface area contributed by atoms with Gasteiger partial charge in [0.15, 0.2) is 0 Å². The Balaban J connectivity index is 0.971. The predicted octanol–water partition coefficient (Wildman–Crippen LogP) is 4.11. The molecule has 2 saturated heterocycles. The Labute approximate surface area is 322 Å². The lowest BCUT2D eigenvalue weighted by atomic mass is 9.92. The number of imidazole rings is 2. The molecular weight excluding hydrogens is 720 g/mol. The lowest BCUT2D eigenvalue weighted by Gasteiger charge is -2.27. The quantitative estimate of drug-likeness (QED) is 0.109. The number of aliphatic hydroxyl groups excluding tert-OH is 2. The molecular formula is C40H46N8O8. The van der Waals surface area contributed by atoms with Crippen molar-refractivity contribution in [2.75, 3.05) is 13.1 Å². The summed E-state index contributed by atoms with van der Waals surface area (Å²) in [6.45, 7) is 4.32. The summed E-state index contributed by atoms with van der Waals surface area (Å²) in [4.78, 5) is 68.8. The molecule has 16 heteroatoms. The molecule has 16 nitrogen and oxygen atoms in total. The van der Waals surface area contributed by atoms with E-state index in [2.05, 4.69) is 43.6 Å². The Kier molecular flexibility index (Phi) is 9.78. The van der Waals surface area contributed by atoms with Crippen LogP contribution < -0.4 is 10.6 Å². The van der Waals surface area contributed by atoms with Gasteiger partial charge in [0.1, 0.15) is 23.7 Å². The summed E-state index contributed by atoms with van der Waals surface area (Å²) in [5.41, 5.74) is 7.51. The van der Waals surface area contributed by atoms with E-state index in [0.717, 1.165) is 70.5 Å². The molecule has 0 radical (unpaired) electrons.